The Bertz CT molecular complexity index is 882. The number of benzene rings is 2. The van der Waals surface area contributed by atoms with Gasteiger partial charge in [0.1, 0.15) is 17.1 Å². The summed E-state index contributed by atoms with van der Waals surface area (Å²) in [5.74, 6) is 1.05. The average Bonchev–Trinajstić information content (AvgIpc) is 3.03. The molecule has 0 spiro atoms. The van der Waals surface area contributed by atoms with Crippen LogP contribution < -0.4 is 10.2 Å². The molecule has 122 valence electrons. The normalized spacial score (nSPS) is 11.1. The first-order valence-electron chi connectivity index (χ1n) is 7.42. The molecule has 0 unspecified atom stereocenters. The van der Waals surface area contributed by atoms with E-state index in [0.717, 1.165) is 33.7 Å². The second kappa shape index (κ2) is 6.97. The highest BCUT2D eigenvalue weighted by Crippen LogP contribution is 2.23. The van der Waals surface area contributed by atoms with Gasteiger partial charge >= 0.3 is 0 Å². The van der Waals surface area contributed by atoms with Crippen LogP contribution in [0.25, 0.3) is 17.1 Å². The monoisotopic (exact) mass is 323 g/mol. The highest BCUT2D eigenvalue weighted by Gasteiger charge is 2.08. The molecule has 1 aromatic heterocycles. The van der Waals surface area contributed by atoms with E-state index < -0.39 is 5.91 Å². The van der Waals surface area contributed by atoms with Crippen LogP contribution in [0.3, 0.4) is 0 Å². The number of amides is 1. The molecule has 3 rings (SSSR count). The average molecular weight is 323 g/mol. The summed E-state index contributed by atoms with van der Waals surface area (Å²) in [6.45, 7) is 0. The number of carbonyl (C=O) groups excluding carboxylic acids is 1. The van der Waals surface area contributed by atoms with Crippen LogP contribution in [0, 0.1) is 0 Å². The SMILES string of the molecule is COc1cccc2[nH]c(Cc3ccc(C=CC(=O)NO)cc3)nc12. The number of H-pyrrole nitrogens is 1. The van der Waals surface area contributed by atoms with Gasteiger partial charge in [-0.25, -0.2) is 10.5 Å². The Morgan fingerprint density at radius 1 is 1.29 bits per heavy atom. The molecule has 0 aliphatic heterocycles. The zero-order valence-electron chi connectivity index (χ0n) is 13.1. The fourth-order valence-corrected chi connectivity index (χ4v) is 2.45. The van der Waals surface area contributed by atoms with Crippen molar-refractivity contribution in [2.75, 3.05) is 7.11 Å². The third-order valence-electron chi connectivity index (χ3n) is 3.63. The van der Waals surface area contributed by atoms with Crippen molar-refractivity contribution in [1.29, 1.82) is 0 Å². The largest absolute Gasteiger partial charge is 0.494 e. The number of hydrogen-bond donors (Lipinski definition) is 3. The molecule has 0 saturated heterocycles. The Kier molecular flexibility index (Phi) is 4.58. The minimum absolute atomic E-state index is 0.560. The lowest BCUT2D eigenvalue weighted by Crippen LogP contribution is -2.14. The maximum atomic E-state index is 11.0. The highest BCUT2D eigenvalue weighted by molar-refractivity contribution is 5.90. The maximum Gasteiger partial charge on any atom is 0.267 e. The van der Waals surface area contributed by atoms with Crippen LogP contribution in [-0.2, 0) is 11.2 Å². The van der Waals surface area contributed by atoms with Crippen LogP contribution in [-0.4, -0.2) is 28.2 Å². The van der Waals surface area contributed by atoms with Crippen molar-refractivity contribution >= 4 is 23.0 Å². The fraction of sp³-hybridized carbons (Fsp3) is 0.111. The Morgan fingerprint density at radius 3 is 2.79 bits per heavy atom. The smallest absolute Gasteiger partial charge is 0.267 e. The summed E-state index contributed by atoms with van der Waals surface area (Å²) >= 11 is 0. The number of nitrogens with zero attached hydrogens (tertiary/aromatic N) is 1. The van der Waals surface area contributed by atoms with Gasteiger partial charge in [-0.3, -0.25) is 10.0 Å². The molecule has 0 aliphatic rings. The Morgan fingerprint density at radius 2 is 2.08 bits per heavy atom. The molecule has 0 radical (unpaired) electrons. The van der Waals surface area contributed by atoms with Gasteiger partial charge in [-0.05, 0) is 29.3 Å². The van der Waals surface area contributed by atoms with Crippen molar-refractivity contribution < 1.29 is 14.7 Å². The molecule has 2 aromatic carbocycles. The van der Waals surface area contributed by atoms with E-state index in [4.69, 9.17) is 9.94 Å². The molecule has 0 atom stereocenters. The van der Waals surface area contributed by atoms with Gasteiger partial charge in [0.2, 0.25) is 0 Å². The van der Waals surface area contributed by atoms with E-state index in [1.807, 2.05) is 42.5 Å². The Balaban J connectivity index is 1.76. The topological polar surface area (TPSA) is 87.2 Å². The zero-order chi connectivity index (χ0) is 16.9. The number of fused-ring (bicyclic) bond motifs is 1. The third-order valence-corrected chi connectivity index (χ3v) is 3.63. The molecule has 1 heterocycles. The first-order chi connectivity index (χ1) is 11.7. The van der Waals surface area contributed by atoms with Gasteiger partial charge in [-0.1, -0.05) is 30.3 Å². The van der Waals surface area contributed by atoms with Crippen molar-refractivity contribution in [3.63, 3.8) is 0 Å². The molecule has 3 N–H and O–H groups in total. The van der Waals surface area contributed by atoms with Crippen LogP contribution in [0.1, 0.15) is 17.0 Å². The third kappa shape index (κ3) is 3.44. The van der Waals surface area contributed by atoms with Crippen molar-refractivity contribution in [1.82, 2.24) is 15.4 Å². The number of hydrogen-bond acceptors (Lipinski definition) is 4. The van der Waals surface area contributed by atoms with Gasteiger partial charge in [-0.15, -0.1) is 0 Å². The summed E-state index contributed by atoms with van der Waals surface area (Å²) in [5, 5.41) is 8.45. The lowest BCUT2D eigenvalue weighted by molar-refractivity contribution is -0.124. The number of rotatable bonds is 5. The number of ether oxygens (including phenoxy) is 1. The highest BCUT2D eigenvalue weighted by atomic mass is 16.5. The fourth-order valence-electron chi connectivity index (χ4n) is 2.45. The molecule has 0 saturated carbocycles. The molecule has 0 fully saturated rings. The minimum atomic E-state index is -0.560. The predicted molar refractivity (Wildman–Crippen MR) is 90.9 cm³/mol. The summed E-state index contributed by atoms with van der Waals surface area (Å²) in [4.78, 5) is 18.9. The second-order valence-corrected chi connectivity index (χ2v) is 5.27. The minimum Gasteiger partial charge on any atom is -0.494 e. The molecule has 0 aliphatic carbocycles. The van der Waals surface area contributed by atoms with Crippen LogP contribution in [0.4, 0.5) is 0 Å². The number of imidazole rings is 1. The number of hydroxylamine groups is 1. The van der Waals surface area contributed by atoms with Gasteiger partial charge in [0.25, 0.3) is 5.91 Å². The van der Waals surface area contributed by atoms with E-state index in [-0.39, 0.29) is 0 Å². The van der Waals surface area contributed by atoms with E-state index in [9.17, 15) is 4.79 Å². The quantitative estimate of drug-likeness (QED) is 0.383. The van der Waals surface area contributed by atoms with Gasteiger partial charge < -0.3 is 9.72 Å². The number of methoxy groups -OCH3 is 1. The Labute approximate surface area is 138 Å². The molecule has 6 nitrogen and oxygen atoms in total. The molecule has 1 amide bonds. The maximum absolute atomic E-state index is 11.0. The number of carbonyl (C=O) groups is 1. The van der Waals surface area contributed by atoms with Crippen LogP contribution in [0.2, 0.25) is 0 Å². The van der Waals surface area contributed by atoms with E-state index >= 15 is 0 Å². The number of aromatic amines is 1. The van der Waals surface area contributed by atoms with Gasteiger partial charge in [-0.2, -0.15) is 0 Å². The van der Waals surface area contributed by atoms with Crippen molar-refractivity contribution in [2.24, 2.45) is 0 Å². The molecule has 3 aromatic rings. The lowest BCUT2D eigenvalue weighted by Gasteiger charge is -2.00. The summed E-state index contributed by atoms with van der Waals surface area (Å²) in [6, 6.07) is 13.5. The Hall–Kier alpha value is -3.12. The van der Waals surface area contributed by atoms with Crippen molar-refractivity contribution in [2.45, 2.75) is 6.42 Å². The summed E-state index contributed by atoms with van der Waals surface area (Å²) < 4.78 is 5.32. The first kappa shape index (κ1) is 15.8. The second-order valence-electron chi connectivity index (χ2n) is 5.27. The lowest BCUT2D eigenvalue weighted by atomic mass is 10.1. The van der Waals surface area contributed by atoms with Crippen LogP contribution in [0.5, 0.6) is 5.75 Å². The summed E-state index contributed by atoms with van der Waals surface area (Å²) in [7, 11) is 1.63. The van der Waals surface area contributed by atoms with Crippen LogP contribution >= 0.6 is 0 Å². The molecule has 24 heavy (non-hydrogen) atoms. The molecular weight excluding hydrogens is 306 g/mol. The molecule has 0 bridgehead atoms. The van der Waals surface area contributed by atoms with Crippen molar-refractivity contribution in [3.8, 4) is 5.75 Å². The van der Waals surface area contributed by atoms with Gasteiger partial charge in [0, 0.05) is 12.5 Å². The standard InChI is InChI=1S/C18H17N3O3/c1-24-15-4-2-3-14-18(15)20-16(19-14)11-13-7-5-12(6-8-13)9-10-17(22)21-23/h2-10,23H,11H2,1H3,(H,19,20)(H,21,22). The number of para-hydroxylation sites is 1. The summed E-state index contributed by atoms with van der Waals surface area (Å²) in [6.07, 6.45) is 3.56. The summed E-state index contributed by atoms with van der Waals surface area (Å²) in [5.41, 5.74) is 5.28. The molecular formula is C18H17N3O3. The van der Waals surface area contributed by atoms with E-state index in [2.05, 4.69) is 9.97 Å². The number of aromatic nitrogens is 2. The number of nitrogens with one attached hydrogen (secondary N) is 2. The first-order valence-corrected chi connectivity index (χ1v) is 7.42. The molecule has 6 heteroatoms. The zero-order valence-corrected chi connectivity index (χ0v) is 13.1. The predicted octanol–water partition coefficient (Wildman–Crippen LogP) is 2.68. The van der Waals surface area contributed by atoms with Gasteiger partial charge in [0.15, 0.2) is 0 Å². The van der Waals surface area contributed by atoms with E-state index in [1.165, 1.54) is 6.08 Å². The van der Waals surface area contributed by atoms with E-state index in [1.54, 1.807) is 18.7 Å². The van der Waals surface area contributed by atoms with E-state index in [0.29, 0.717) is 6.42 Å². The van der Waals surface area contributed by atoms with Crippen LogP contribution in [0.15, 0.2) is 48.5 Å². The van der Waals surface area contributed by atoms with Gasteiger partial charge in [0.05, 0.1) is 12.6 Å². The van der Waals surface area contributed by atoms with Crippen molar-refractivity contribution in [3.05, 3.63) is 65.5 Å².